The number of benzene rings is 2. The van der Waals surface area contributed by atoms with Gasteiger partial charge in [-0.05, 0) is 36.6 Å². The number of ether oxygens (including phenoxy) is 1. The number of carbonyl (C=O) groups is 1. The number of amides is 1. The van der Waals surface area contributed by atoms with E-state index in [4.69, 9.17) is 16.3 Å². The van der Waals surface area contributed by atoms with Gasteiger partial charge in [0.1, 0.15) is 5.75 Å². The number of fused-ring (bicyclic) bond motifs is 1. The minimum atomic E-state index is -0.231. The highest BCUT2D eigenvalue weighted by Gasteiger charge is 2.18. The van der Waals surface area contributed by atoms with Crippen molar-refractivity contribution >= 4 is 40.2 Å². The molecule has 0 spiro atoms. The fourth-order valence-corrected chi connectivity index (χ4v) is 3.90. The average molecular weight is 446 g/mol. The van der Waals surface area contributed by atoms with Gasteiger partial charge in [-0.2, -0.15) is 0 Å². The van der Waals surface area contributed by atoms with Gasteiger partial charge in [0, 0.05) is 17.6 Å². The molecular formula is C22H24ClN3O3S. The molecule has 0 aliphatic heterocycles. The molecule has 30 heavy (non-hydrogen) atoms. The minimum absolute atomic E-state index is 0.109. The summed E-state index contributed by atoms with van der Waals surface area (Å²) in [5, 5.41) is 4.33. The smallest absolute Gasteiger partial charge is 0.266 e. The zero-order valence-corrected chi connectivity index (χ0v) is 18.9. The Morgan fingerprint density at radius 1 is 1.30 bits per heavy atom. The maximum Gasteiger partial charge on any atom is 0.266 e. The van der Waals surface area contributed by atoms with E-state index in [-0.39, 0.29) is 17.2 Å². The Bertz CT molecular complexity index is 1140. The van der Waals surface area contributed by atoms with Crippen LogP contribution in [0, 0.1) is 12.8 Å². The van der Waals surface area contributed by atoms with Crippen molar-refractivity contribution in [1.82, 2.24) is 14.9 Å². The Labute approximate surface area is 184 Å². The van der Waals surface area contributed by atoms with E-state index >= 15 is 0 Å². The summed E-state index contributed by atoms with van der Waals surface area (Å²) in [5.74, 6) is 0.849. The fraction of sp³-hybridized carbons (Fsp3) is 0.318. The van der Waals surface area contributed by atoms with Gasteiger partial charge in [0.05, 0.1) is 29.5 Å². The highest BCUT2D eigenvalue weighted by atomic mass is 35.5. The molecule has 8 heteroatoms. The molecule has 0 saturated carbocycles. The van der Waals surface area contributed by atoms with Crippen molar-refractivity contribution in [2.45, 2.75) is 25.9 Å². The molecule has 0 fully saturated rings. The van der Waals surface area contributed by atoms with Gasteiger partial charge in [-0.1, -0.05) is 49.3 Å². The molecule has 1 heterocycles. The highest BCUT2D eigenvalue weighted by Crippen LogP contribution is 2.31. The molecule has 1 N–H and O–H groups in total. The van der Waals surface area contributed by atoms with E-state index in [0.29, 0.717) is 45.0 Å². The van der Waals surface area contributed by atoms with Gasteiger partial charge in [0.2, 0.25) is 5.91 Å². The van der Waals surface area contributed by atoms with Crippen molar-refractivity contribution in [2.75, 3.05) is 19.4 Å². The van der Waals surface area contributed by atoms with E-state index in [1.165, 1.54) is 23.4 Å². The predicted octanol–water partition coefficient (Wildman–Crippen LogP) is 4.22. The lowest BCUT2D eigenvalue weighted by Crippen LogP contribution is -2.29. The number of aromatic nitrogens is 2. The normalized spacial score (nSPS) is 11.1. The van der Waals surface area contributed by atoms with Crippen LogP contribution < -0.4 is 15.6 Å². The van der Waals surface area contributed by atoms with Crippen molar-refractivity contribution in [3.8, 4) is 11.4 Å². The van der Waals surface area contributed by atoms with E-state index in [1.54, 1.807) is 30.3 Å². The van der Waals surface area contributed by atoms with Crippen LogP contribution in [0.3, 0.4) is 0 Å². The zero-order chi connectivity index (χ0) is 21.8. The molecule has 158 valence electrons. The summed E-state index contributed by atoms with van der Waals surface area (Å²) < 4.78 is 6.98. The molecule has 0 aliphatic carbocycles. The first kappa shape index (κ1) is 22.2. The van der Waals surface area contributed by atoms with Crippen LogP contribution in [0.15, 0.2) is 46.3 Å². The Balaban J connectivity index is 2.12. The van der Waals surface area contributed by atoms with Crippen LogP contribution in [-0.2, 0) is 4.79 Å². The van der Waals surface area contributed by atoms with E-state index in [1.807, 2.05) is 26.8 Å². The molecule has 0 unspecified atom stereocenters. The molecular weight excluding hydrogens is 422 g/mol. The van der Waals surface area contributed by atoms with Gasteiger partial charge >= 0.3 is 0 Å². The summed E-state index contributed by atoms with van der Waals surface area (Å²) in [6.45, 7) is 6.52. The molecule has 0 atom stereocenters. The van der Waals surface area contributed by atoms with Crippen molar-refractivity contribution in [1.29, 1.82) is 0 Å². The number of thioether (sulfide) groups is 1. The lowest BCUT2D eigenvalue weighted by atomic mass is 10.2. The molecule has 3 rings (SSSR count). The second-order valence-corrected chi connectivity index (χ2v) is 8.66. The zero-order valence-electron chi connectivity index (χ0n) is 17.4. The number of rotatable bonds is 7. The van der Waals surface area contributed by atoms with Gasteiger partial charge in [0.15, 0.2) is 5.16 Å². The summed E-state index contributed by atoms with van der Waals surface area (Å²) in [4.78, 5) is 30.3. The topological polar surface area (TPSA) is 73.2 Å². The summed E-state index contributed by atoms with van der Waals surface area (Å²) in [7, 11) is 1.52. The van der Waals surface area contributed by atoms with Gasteiger partial charge in [-0.15, -0.1) is 0 Å². The first-order valence-corrected chi connectivity index (χ1v) is 10.9. The van der Waals surface area contributed by atoms with Gasteiger partial charge < -0.3 is 10.1 Å². The number of methoxy groups -OCH3 is 1. The Hall–Kier alpha value is -2.51. The number of nitrogens with zero attached hydrogens (tertiary/aromatic N) is 2. The molecule has 0 saturated heterocycles. The van der Waals surface area contributed by atoms with Crippen molar-refractivity contribution in [2.24, 2.45) is 5.92 Å². The maximum atomic E-state index is 13.4. The molecule has 3 aromatic rings. The van der Waals surface area contributed by atoms with Gasteiger partial charge in [0.25, 0.3) is 5.56 Å². The predicted molar refractivity (Wildman–Crippen MR) is 122 cm³/mol. The molecule has 1 amide bonds. The van der Waals surface area contributed by atoms with E-state index in [9.17, 15) is 9.59 Å². The maximum absolute atomic E-state index is 13.4. The number of hydrogen-bond donors (Lipinski definition) is 1. The molecule has 1 aromatic heterocycles. The number of carbonyl (C=O) groups excluding carboxylic acids is 1. The quantitative estimate of drug-likeness (QED) is 0.435. The summed E-state index contributed by atoms with van der Waals surface area (Å²) in [6, 6.07) is 10.6. The number of hydrogen-bond acceptors (Lipinski definition) is 5. The van der Waals surface area contributed by atoms with Gasteiger partial charge in [-0.3, -0.25) is 14.2 Å². The number of aryl methyl sites for hydroxylation is 1. The highest BCUT2D eigenvalue weighted by molar-refractivity contribution is 7.99. The third kappa shape index (κ3) is 4.79. The number of halogens is 1. The largest absolute Gasteiger partial charge is 0.495 e. The lowest BCUT2D eigenvalue weighted by Gasteiger charge is -2.17. The average Bonchev–Trinajstić information content (AvgIpc) is 2.72. The Morgan fingerprint density at radius 2 is 2.03 bits per heavy atom. The summed E-state index contributed by atoms with van der Waals surface area (Å²) in [5.41, 5.74) is 1.69. The van der Waals surface area contributed by atoms with Crippen LogP contribution in [0.1, 0.15) is 19.4 Å². The van der Waals surface area contributed by atoms with Crippen LogP contribution in [0.2, 0.25) is 5.02 Å². The molecule has 0 bridgehead atoms. The third-order valence-corrected chi connectivity index (χ3v) is 5.83. The summed E-state index contributed by atoms with van der Waals surface area (Å²) in [6.07, 6.45) is 0. The van der Waals surface area contributed by atoms with Gasteiger partial charge in [-0.25, -0.2) is 4.98 Å². The van der Waals surface area contributed by atoms with Crippen LogP contribution >= 0.6 is 23.4 Å². The molecule has 6 nitrogen and oxygen atoms in total. The first-order chi connectivity index (χ1) is 14.3. The molecule has 0 aliphatic rings. The molecule has 0 radical (unpaired) electrons. The fourth-order valence-electron chi connectivity index (χ4n) is 2.91. The second kappa shape index (κ2) is 9.53. The van der Waals surface area contributed by atoms with Crippen LogP contribution in [-0.4, -0.2) is 34.9 Å². The molecule has 2 aromatic carbocycles. The van der Waals surface area contributed by atoms with E-state index in [2.05, 4.69) is 10.3 Å². The Morgan fingerprint density at radius 3 is 2.73 bits per heavy atom. The third-order valence-electron chi connectivity index (χ3n) is 4.49. The first-order valence-electron chi connectivity index (χ1n) is 9.57. The van der Waals surface area contributed by atoms with Crippen molar-refractivity contribution < 1.29 is 9.53 Å². The number of para-hydroxylation sites is 1. The van der Waals surface area contributed by atoms with Crippen LogP contribution in [0.5, 0.6) is 5.75 Å². The second-order valence-electron chi connectivity index (χ2n) is 7.31. The SMILES string of the molecule is COc1cc(Cl)c(C)cc1-n1c(SCC(=O)NCC(C)C)nc2ccccc2c1=O. The van der Waals surface area contributed by atoms with Crippen molar-refractivity contribution in [3.05, 3.63) is 57.3 Å². The van der Waals surface area contributed by atoms with E-state index < -0.39 is 0 Å². The monoisotopic (exact) mass is 445 g/mol. The van der Waals surface area contributed by atoms with Crippen LogP contribution in [0.25, 0.3) is 16.6 Å². The van der Waals surface area contributed by atoms with Crippen molar-refractivity contribution in [3.63, 3.8) is 0 Å². The minimum Gasteiger partial charge on any atom is -0.495 e. The lowest BCUT2D eigenvalue weighted by molar-refractivity contribution is -0.118. The van der Waals surface area contributed by atoms with E-state index in [0.717, 1.165) is 5.56 Å². The summed E-state index contributed by atoms with van der Waals surface area (Å²) >= 11 is 7.46. The Kier molecular flexibility index (Phi) is 7.05. The standard InChI is InChI=1S/C22H24ClN3O3S/c1-13(2)11-24-20(27)12-30-22-25-17-8-6-5-7-15(17)21(28)26(22)18-9-14(3)16(23)10-19(18)29-4/h5-10,13H,11-12H2,1-4H3,(H,24,27). The van der Waals surface area contributed by atoms with Crippen LogP contribution in [0.4, 0.5) is 0 Å². The number of nitrogens with one attached hydrogen (secondary N) is 1.